The average Bonchev–Trinajstić information content (AvgIpc) is 3.06. The quantitative estimate of drug-likeness (QED) is 0.940. The molecule has 1 aliphatic heterocycles. The van der Waals surface area contributed by atoms with Gasteiger partial charge in [0.2, 0.25) is 0 Å². The van der Waals surface area contributed by atoms with Crippen LogP contribution in [-0.2, 0) is 0 Å². The molecule has 22 heavy (non-hydrogen) atoms. The minimum Gasteiger partial charge on any atom is -0.369 e. The number of aryl methyl sites for hydroxylation is 1. The first kappa shape index (κ1) is 15.5. The number of thiophene rings is 1. The number of piperazine rings is 1. The van der Waals surface area contributed by atoms with Crippen molar-refractivity contribution in [2.24, 2.45) is 5.73 Å². The van der Waals surface area contributed by atoms with E-state index < -0.39 is 0 Å². The van der Waals surface area contributed by atoms with E-state index in [0.717, 1.165) is 26.2 Å². The summed E-state index contributed by atoms with van der Waals surface area (Å²) in [5.41, 5.74) is 10.2. The predicted molar refractivity (Wildman–Crippen MR) is 95.8 cm³/mol. The van der Waals surface area contributed by atoms with E-state index in [-0.39, 0.29) is 0 Å². The number of hydrogen-bond donors (Lipinski definition) is 1. The van der Waals surface area contributed by atoms with Gasteiger partial charge in [-0.1, -0.05) is 18.2 Å². The molecule has 0 bridgehead atoms. The zero-order chi connectivity index (χ0) is 15.5. The average molecular weight is 315 g/mol. The number of nitrogens with two attached hydrogens (primary N) is 1. The van der Waals surface area contributed by atoms with Crippen molar-refractivity contribution in [3.63, 3.8) is 0 Å². The van der Waals surface area contributed by atoms with Gasteiger partial charge < -0.3 is 10.6 Å². The van der Waals surface area contributed by atoms with Gasteiger partial charge in [-0.3, -0.25) is 4.90 Å². The summed E-state index contributed by atoms with van der Waals surface area (Å²) in [4.78, 5) is 6.44. The minimum atomic E-state index is 0.376. The van der Waals surface area contributed by atoms with Crippen LogP contribution in [0.4, 0.5) is 5.69 Å². The van der Waals surface area contributed by atoms with Crippen LogP contribution < -0.4 is 10.6 Å². The van der Waals surface area contributed by atoms with E-state index in [1.54, 1.807) is 0 Å². The molecule has 1 aliphatic rings. The fourth-order valence-corrected chi connectivity index (χ4v) is 4.15. The fraction of sp³-hybridized carbons (Fsp3) is 0.444. The summed E-state index contributed by atoms with van der Waals surface area (Å²) in [7, 11) is 0. The first-order valence-electron chi connectivity index (χ1n) is 7.99. The normalized spacial score (nSPS) is 17.7. The Morgan fingerprint density at radius 1 is 1.09 bits per heavy atom. The second kappa shape index (κ2) is 6.82. The molecule has 118 valence electrons. The van der Waals surface area contributed by atoms with Gasteiger partial charge in [0.05, 0.1) is 6.04 Å². The Balaban J connectivity index is 1.68. The molecule has 1 saturated heterocycles. The van der Waals surface area contributed by atoms with Crippen molar-refractivity contribution < 1.29 is 0 Å². The third kappa shape index (κ3) is 3.05. The Labute approximate surface area is 137 Å². The molecule has 0 aliphatic carbocycles. The van der Waals surface area contributed by atoms with Crippen molar-refractivity contribution in [1.29, 1.82) is 0 Å². The Morgan fingerprint density at radius 3 is 2.50 bits per heavy atom. The Morgan fingerprint density at radius 2 is 1.86 bits per heavy atom. The number of hydrogen-bond acceptors (Lipinski definition) is 4. The SMILES string of the molecule is Cc1cccc(N2CCN(C(CN)c3cccs3)CC2)c1C. The largest absolute Gasteiger partial charge is 0.369 e. The molecule has 0 spiro atoms. The van der Waals surface area contributed by atoms with Gasteiger partial charge >= 0.3 is 0 Å². The molecule has 2 N–H and O–H groups in total. The molecule has 4 heteroatoms. The zero-order valence-electron chi connectivity index (χ0n) is 13.5. The van der Waals surface area contributed by atoms with Crippen molar-refractivity contribution in [3.05, 3.63) is 51.7 Å². The van der Waals surface area contributed by atoms with Crippen LogP contribution in [0.1, 0.15) is 22.0 Å². The van der Waals surface area contributed by atoms with Crippen LogP contribution in [0, 0.1) is 13.8 Å². The monoisotopic (exact) mass is 315 g/mol. The lowest BCUT2D eigenvalue weighted by Gasteiger charge is -2.40. The molecule has 1 fully saturated rings. The second-order valence-corrected chi connectivity index (χ2v) is 6.99. The lowest BCUT2D eigenvalue weighted by Crippen LogP contribution is -2.49. The van der Waals surface area contributed by atoms with Crippen LogP contribution in [0.3, 0.4) is 0 Å². The second-order valence-electron chi connectivity index (χ2n) is 6.01. The number of anilines is 1. The highest BCUT2D eigenvalue weighted by Crippen LogP contribution is 2.28. The van der Waals surface area contributed by atoms with Crippen LogP contribution in [-0.4, -0.2) is 37.6 Å². The maximum atomic E-state index is 6.04. The standard InChI is InChI=1S/C18H25N3S/c1-14-5-3-6-16(15(14)2)20-8-10-21(11-9-20)17(13-19)18-7-4-12-22-18/h3-7,12,17H,8-11,13,19H2,1-2H3. The van der Waals surface area contributed by atoms with Crippen LogP contribution in [0.2, 0.25) is 0 Å². The van der Waals surface area contributed by atoms with E-state index in [0.29, 0.717) is 12.6 Å². The summed E-state index contributed by atoms with van der Waals surface area (Å²) >= 11 is 1.82. The molecule has 1 unspecified atom stereocenters. The summed E-state index contributed by atoms with van der Waals surface area (Å²) in [5, 5.41) is 2.14. The molecule has 2 aromatic rings. The van der Waals surface area contributed by atoms with Crippen molar-refractivity contribution >= 4 is 17.0 Å². The molecule has 0 saturated carbocycles. The lowest BCUT2D eigenvalue weighted by molar-refractivity contribution is 0.193. The highest BCUT2D eigenvalue weighted by molar-refractivity contribution is 7.10. The molecule has 1 atom stereocenters. The Kier molecular flexibility index (Phi) is 4.81. The predicted octanol–water partition coefficient (Wildman–Crippen LogP) is 3.19. The van der Waals surface area contributed by atoms with E-state index in [1.807, 2.05) is 11.3 Å². The first-order valence-corrected chi connectivity index (χ1v) is 8.87. The van der Waals surface area contributed by atoms with Gasteiger partial charge in [0.25, 0.3) is 0 Å². The molecule has 0 amide bonds. The summed E-state index contributed by atoms with van der Waals surface area (Å²) in [6, 6.07) is 11.3. The van der Waals surface area contributed by atoms with Gasteiger partial charge in [-0.15, -0.1) is 11.3 Å². The van der Waals surface area contributed by atoms with E-state index in [2.05, 4.69) is 59.4 Å². The van der Waals surface area contributed by atoms with Crippen LogP contribution in [0.15, 0.2) is 35.7 Å². The van der Waals surface area contributed by atoms with E-state index >= 15 is 0 Å². The molecule has 1 aromatic heterocycles. The van der Waals surface area contributed by atoms with Crippen molar-refractivity contribution in [2.75, 3.05) is 37.6 Å². The summed E-state index contributed by atoms with van der Waals surface area (Å²) in [5.74, 6) is 0. The van der Waals surface area contributed by atoms with Gasteiger partial charge in [-0.2, -0.15) is 0 Å². The van der Waals surface area contributed by atoms with Crippen molar-refractivity contribution in [2.45, 2.75) is 19.9 Å². The fourth-order valence-electron chi connectivity index (χ4n) is 3.28. The smallest absolute Gasteiger partial charge is 0.0565 e. The van der Waals surface area contributed by atoms with Crippen molar-refractivity contribution in [1.82, 2.24) is 4.90 Å². The van der Waals surface area contributed by atoms with Crippen LogP contribution in [0.25, 0.3) is 0 Å². The molecule has 1 aromatic carbocycles. The third-order valence-corrected chi connectivity index (χ3v) is 5.74. The lowest BCUT2D eigenvalue weighted by atomic mass is 10.1. The van der Waals surface area contributed by atoms with Gasteiger partial charge in [0, 0.05) is 43.3 Å². The molecule has 3 nitrogen and oxygen atoms in total. The molecular formula is C18H25N3S. The highest BCUT2D eigenvalue weighted by Gasteiger charge is 2.25. The van der Waals surface area contributed by atoms with E-state index in [1.165, 1.54) is 21.7 Å². The topological polar surface area (TPSA) is 32.5 Å². The first-order chi connectivity index (χ1) is 10.7. The molecule has 2 heterocycles. The van der Waals surface area contributed by atoms with Crippen molar-refractivity contribution in [3.8, 4) is 0 Å². The maximum absolute atomic E-state index is 6.04. The Bertz CT molecular complexity index is 601. The zero-order valence-corrected chi connectivity index (χ0v) is 14.3. The van der Waals surface area contributed by atoms with Gasteiger partial charge in [0.15, 0.2) is 0 Å². The molecule has 3 rings (SSSR count). The van der Waals surface area contributed by atoms with Crippen LogP contribution >= 0.6 is 11.3 Å². The molecular weight excluding hydrogens is 290 g/mol. The van der Waals surface area contributed by atoms with Gasteiger partial charge in [0.1, 0.15) is 0 Å². The van der Waals surface area contributed by atoms with Crippen LogP contribution in [0.5, 0.6) is 0 Å². The number of nitrogens with zero attached hydrogens (tertiary/aromatic N) is 2. The molecule has 0 radical (unpaired) electrons. The van der Waals surface area contributed by atoms with E-state index in [4.69, 9.17) is 5.73 Å². The summed E-state index contributed by atoms with van der Waals surface area (Å²) in [6.07, 6.45) is 0. The number of rotatable bonds is 4. The number of benzene rings is 1. The summed E-state index contributed by atoms with van der Waals surface area (Å²) in [6.45, 7) is 9.42. The maximum Gasteiger partial charge on any atom is 0.0565 e. The third-order valence-electron chi connectivity index (χ3n) is 4.77. The highest BCUT2D eigenvalue weighted by atomic mass is 32.1. The minimum absolute atomic E-state index is 0.376. The van der Waals surface area contributed by atoms with Gasteiger partial charge in [-0.05, 0) is 42.5 Å². The summed E-state index contributed by atoms with van der Waals surface area (Å²) < 4.78 is 0. The van der Waals surface area contributed by atoms with E-state index in [9.17, 15) is 0 Å². The van der Waals surface area contributed by atoms with Gasteiger partial charge in [-0.25, -0.2) is 0 Å². The Hall–Kier alpha value is -1.36.